The fourth-order valence-electron chi connectivity index (χ4n) is 2.32. The molecule has 88 valence electrons. The van der Waals surface area contributed by atoms with Crippen LogP contribution >= 0.6 is 0 Å². The van der Waals surface area contributed by atoms with Crippen LogP contribution in [0.4, 0.5) is 0 Å². The van der Waals surface area contributed by atoms with Gasteiger partial charge in [0.15, 0.2) is 0 Å². The van der Waals surface area contributed by atoms with Gasteiger partial charge in [-0.3, -0.25) is 4.79 Å². The Bertz CT molecular complexity index is 437. The van der Waals surface area contributed by atoms with E-state index in [1.807, 2.05) is 20.8 Å². The van der Waals surface area contributed by atoms with Gasteiger partial charge in [0, 0.05) is 0 Å². The molecule has 4 nitrogen and oxygen atoms in total. The quantitative estimate of drug-likeness (QED) is 0.831. The van der Waals surface area contributed by atoms with Gasteiger partial charge in [-0.15, -0.1) is 0 Å². The SMILES string of the molecule is Cc1n[nH]c(=O)c2c1CCCC2OC(C)C. The molecule has 0 aliphatic heterocycles. The lowest BCUT2D eigenvalue weighted by Crippen LogP contribution is -2.27. The zero-order valence-corrected chi connectivity index (χ0v) is 10.0. The van der Waals surface area contributed by atoms with Crippen molar-refractivity contribution in [1.29, 1.82) is 0 Å². The molecule has 0 bridgehead atoms. The molecule has 1 aromatic rings. The van der Waals surface area contributed by atoms with E-state index in [1.54, 1.807) is 0 Å². The molecule has 1 atom stereocenters. The van der Waals surface area contributed by atoms with Crippen molar-refractivity contribution in [1.82, 2.24) is 10.2 Å². The van der Waals surface area contributed by atoms with Crippen LogP contribution in [0.25, 0.3) is 0 Å². The van der Waals surface area contributed by atoms with Crippen molar-refractivity contribution < 1.29 is 4.74 Å². The highest BCUT2D eigenvalue weighted by atomic mass is 16.5. The number of hydrogen-bond donors (Lipinski definition) is 1. The molecule has 1 unspecified atom stereocenters. The summed E-state index contributed by atoms with van der Waals surface area (Å²) in [6, 6.07) is 0. The summed E-state index contributed by atoms with van der Waals surface area (Å²) < 4.78 is 5.81. The van der Waals surface area contributed by atoms with Gasteiger partial charge < -0.3 is 4.74 Å². The van der Waals surface area contributed by atoms with E-state index in [4.69, 9.17) is 4.74 Å². The summed E-state index contributed by atoms with van der Waals surface area (Å²) in [4.78, 5) is 11.8. The van der Waals surface area contributed by atoms with E-state index < -0.39 is 0 Å². The van der Waals surface area contributed by atoms with Crippen molar-refractivity contribution >= 4 is 0 Å². The second-order valence-electron chi connectivity index (χ2n) is 4.60. The van der Waals surface area contributed by atoms with Crippen molar-refractivity contribution in [3.8, 4) is 0 Å². The van der Waals surface area contributed by atoms with E-state index in [-0.39, 0.29) is 17.8 Å². The first-order chi connectivity index (χ1) is 7.59. The standard InChI is InChI=1S/C12H18N2O2/c1-7(2)16-10-6-4-5-9-8(3)13-14-12(15)11(9)10/h7,10H,4-6H2,1-3H3,(H,14,15). The minimum atomic E-state index is -0.0917. The molecule has 0 radical (unpaired) electrons. The highest BCUT2D eigenvalue weighted by Gasteiger charge is 2.26. The van der Waals surface area contributed by atoms with Gasteiger partial charge in [-0.2, -0.15) is 5.10 Å². The number of nitrogens with one attached hydrogen (secondary N) is 1. The van der Waals surface area contributed by atoms with Crippen LogP contribution in [-0.2, 0) is 11.2 Å². The number of nitrogens with zero attached hydrogens (tertiary/aromatic N) is 1. The Morgan fingerprint density at radius 1 is 1.50 bits per heavy atom. The van der Waals surface area contributed by atoms with E-state index >= 15 is 0 Å². The molecule has 1 heterocycles. The second-order valence-corrected chi connectivity index (χ2v) is 4.60. The van der Waals surface area contributed by atoms with Crippen LogP contribution in [0.2, 0.25) is 0 Å². The molecule has 1 N–H and O–H groups in total. The monoisotopic (exact) mass is 222 g/mol. The Balaban J connectivity index is 2.45. The summed E-state index contributed by atoms with van der Waals surface area (Å²) in [7, 11) is 0. The summed E-state index contributed by atoms with van der Waals surface area (Å²) in [5.41, 5.74) is 2.71. The van der Waals surface area contributed by atoms with Gasteiger partial charge in [0.2, 0.25) is 0 Å². The number of ether oxygens (including phenoxy) is 1. The van der Waals surface area contributed by atoms with Crippen LogP contribution in [-0.4, -0.2) is 16.3 Å². The molecule has 1 aliphatic carbocycles. The van der Waals surface area contributed by atoms with Gasteiger partial charge in [-0.05, 0) is 45.6 Å². The Labute approximate surface area is 95.0 Å². The predicted molar refractivity (Wildman–Crippen MR) is 61.5 cm³/mol. The molecule has 0 aromatic carbocycles. The minimum Gasteiger partial charge on any atom is -0.371 e. The molecule has 0 fully saturated rings. The lowest BCUT2D eigenvalue weighted by Gasteiger charge is -2.26. The van der Waals surface area contributed by atoms with E-state index in [0.717, 1.165) is 36.1 Å². The first-order valence-electron chi connectivity index (χ1n) is 5.83. The van der Waals surface area contributed by atoms with Crippen LogP contribution < -0.4 is 5.56 Å². The van der Waals surface area contributed by atoms with Crippen molar-refractivity contribution in [3.63, 3.8) is 0 Å². The average molecular weight is 222 g/mol. The first-order valence-corrected chi connectivity index (χ1v) is 5.83. The highest BCUT2D eigenvalue weighted by Crippen LogP contribution is 2.31. The molecular formula is C12H18N2O2. The normalized spacial score (nSPS) is 19.9. The van der Waals surface area contributed by atoms with Crippen molar-refractivity contribution in [2.24, 2.45) is 0 Å². The van der Waals surface area contributed by atoms with Gasteiger partial charge in [0.25, 0.3) is 5.56 Å². The summed E-state index contributed by atoms with van der Waals surface area (Å²) in [5, 5.41) is 6.56. The lowest BCUT2D eigenvalue weighted by atomic mass is 9.89. The Morgan fingerprint density at radius 2 is 2.25 bits per heavy atom. The van der Waals surface area contributed by atoms with E-state index in [1.165, 1.54) is 0 Å². The van der Waals surface area contributed by atoms with E-state index in [2.05, 4.69) is 10.2 Å². The van der Waals surface area contributed by atoms with Crippen LogP contribution in [0.1, 0.15) is 49.6 Å². The summed E-state index contributed by atoms with van der Waals surface area (Å²) in [5.74, 6) is 0. The molecule has 4 heteroatoms. The van der Waals surface area contributed by atoms with Crippen molar-refractivity contribution in [2.45, 2.75) is 52.2 Å². The molecule has 1 aromatic heterocycles. The zero-order valence-electron chi connectivity index (χ0n) is 10.0. The third-order valence-corrected chi connectivity index (χ3v) is 2.98. The Hall–Kier alpha value is -1.16. The smallest absolute Gasteiger partial charge is 0.270 e. The van der Waals surface area contributed by atoms with Gasteiger partial charge in [0.05, 0.1) is 23.5 Å². The molecule has 2 rings (SSSR count). The molecule has 16 heavy (non-hydrogen) atoms. The number of H-pyrrole nitrogens is 1. The topological polar surface area (TPSA) is 55.0 Å². The van der Waals surface area contributed by atoms with Gasteiger partial charge in [-0.25, -0.2) is 5.10 Å². The fraction of sp³-hybridized carbons (Fsp3) is 0.667. The fourth-order valence-corrected chi connectivity index (χ4v) is 2.32. The second kappa shape index (κ2) is 4.37. The molecule has 1 aliphatic rings. The number of aryl methyl sites for hydroxylation is 1. The third-order valence-electron chi connectivity index (χ3n) is 2.98. The van der Waals surface area contributed by atoms with Crippen molar-refractivity contribution in [2.75, 3.05) is 0 Å². The zero-order chi connectivity index (χ0) is 11.7. The molecule has 0 spiro atoms. The molecule has 0 saturated heterocycles. The van der Waals surface area contributed by atoms with Gasteiger partial charge >= 0.3 is 0 Å². The Kier molecular flexibility index (Phi) is 3.10. The molecule has 0 amide bonds. The molecular weight excluding hydrogens is 204 g/mol. The maximum Gasteiger partial charge on any atom is 0.270 e. The highest BCUT2D eigenvalue weighted by molar-refractivity contribution is 5.31. The van der Waals surface area contributed by atoms with E-state index in [0.29, 0.717) is 0 Å². The molecule has 0 saturated carbocycles. The summed E-state index contributed by atoms with van der Waals surface area (Å²) in [6.45, 7) is 5.93. The van der Waals surface area contributed by atoms with Crippen LogP contribution in [0, 0.1) is 6.92 Å². The van der Waals surface area contributed by atoms with E-state index in [9.17, 15) is 4.79 Å². The lowest BCUT2D eigenvalue weighted by molar-refractivity contribution is -0.00402. The third kappa shape index (κ3) is 2.02. The maximum atomic E-state index is 11.8. The summed E-state index contributed by atoms with van der Waals surface area (Å²) >= 11 is 0. The number of hydrogen-bond acceptors (Lipinski definition) is 3. The van der Waals surface area contributed by atoms with Crippen LogP contribution in [0.15, 0.2) is 4.79 Å². The first kappa shape index (κ1) is 11.3. The number of aromatic nitrogens is 2. The largest absolute Gasteiger partial charge is 0.371 e. The Morgan fingerprint density at radius 3 is 2.94 bits per heavy atom. The number of rotatable bonds is 2. The van der Waals surface area contributed by atoms with Crippen LogP contribution in [0.5, 0.6) is 0 Å². The minimum absolute atomic E-state index is 0.0609. The number of aromatic amines is 1. The summed E-state index contributed by atoms with van der Waals surface area (Å²) in [6.07, 6.45) is 3.02. The van der Waals surface area contributed by atoms with Gasteiger partial charge in [0.1, 0.15) is 0 Å². The predicted octanol–water partition coefficient (Wildman–Crippen LogP) is 1.88. The maximum absolute atomic E-state index is 11.8. The average Bonchev–Trinajstić information content (AvgIpc) is 2.23. The van der Waals surface area contributed by atoms with Crippen LogP contribution in [0.3, 0.4) is 0 Å². The van der Waals surface area contributed by atoms with Gasteiger partial charge in [-0.1, -0.05) is 0 Å². The van der Waals surface area contributed by atoms with Crippen molar-refractivity contribution in [3.05, 3.63) is 27.2 Å². The number of fused-ring (bicyclic) bond motifs is 1.